The van der Waals surface area contributed by atoms with Crippen LogP contribution in [0.3, 0.4) is 0 Å². The fourth-order valence-corrected chi connectivity index (χ4v) is 2.49. The Kier molecular flexibility index (Phi) is 4.64. The molecule has 1 saturated heterocycles. The van der Waals surface area contributed by atoms with E-state index < -0.39 is 0 Å². The zero-order chi connectivity index (χ0) is 12.3. The number of nitrogens with zero attached hydrogens (tertiary/aromatic N) is 1. The summed E-state index contributed by atoms with van der Waals surface area (Å²) < 4.78 is 7.00. The summed E-state index contributed by atoms with van der Waals surface area (Å²) in [6.07, 6.45) is 0.297. The largest absolute Gasteiger partial charge is 0.382 e. The smallest absolute Gasteiger partial charge is 0.0874 e. The minimum Gasteiger partial charge on any atom is -0.382 e. The van der Waals surface area contributed by atoms with Crippen molar-refractivity contribution in [1.82, 2.24) is 4.90 Å². The number of anilines is 1. The topological polar surface area (TPSA) is 24.5 Å². The van der Waals surface area contributed by atoms with E-state index in [0.29, 0.717) is 6.10 Å². The first-order valence-corrected chi connectivity index (χ1v) is 7.03. The molecule has 0 amide bonds. The van der Waals surface area contributed by atoms with Crippen molar-refractivity contribution >= 4 is 28.3 Å². The molecule has 0 radical (unpaired) electrons. The highest BCUT2D eigenvalue weighted by atomic mass is 127. The van der Waals surface area contributed by atoms with E-state index in [1.54, 1.807) is 0 Å². The van der Waals surface area contributed by atoms with Crippen LogP contribution in [0.5, 0.6) is 0 Å². The molecule has 1 heterocycles. The van der Waals surface area contributed by atoms with Gasteiger partial charge in [-0.1, -0.05) is 6.07 Å². The number of halogens is 1. The molecule has 1 unspecified atom stereocenters. The van der Waals surface area contributed by atoms with Crippen LogP contribution in [0.25, 0.3) is 0 Å². The molecular weight excluding hydrogens is 327 g/mol. The van der Waals surface area contributed by atoms with E-state index in [0.717, 1.165) is 26.2 Å². The highest BCUT2D eigenvalue weighted by molar-refractivity contribution is 14.1. The fraction of sp³-hybridized carbons (Fsp3) is 0.538. The van der Waals surface area contributed by atoms with Gasteiger partial charge in [0.15, 0.2) is 0 Å². The van der Waals surface area contributed by atoms with Gasteiger partial charge in [0.2, 0.25) is 0 Å². The van der Waals surface area contributed by atoms with Crippen LogP contribution in [0.2, 0.25) is 0 Å². The van der Waals surface area contributed by atoms with Crippen LogP contribution in [-0.2, 0) is 4.74 Å². The van der Waals surface area contributed by atoms with Crippen LogP contribution >= 0.6 is 22.6 Å². The number of rotatable bonds is 3. The molecule has 0 spiro atoms. The first-order valence-electron chi connectivity index (χ1n) is 5.95. The van der Waals surface area contributed by atoms with E-state index in [9.17, 15) is 0 Å². The Morgan fingerprint density at radius 1 is 1.53 bits per heavy atom. The van der Waals surface area contributed by atoms with Gasteiger partial charge in [-0.3, -0.25) is 0 Å². The number of benzene rings is 1. The molecule has 1 atom stereocenters. The SMILES string of the molecule is Cc1ccc(I)cc1NCC1CN(C)CCO1. The minimum atomic E-state index is 0.297. The average Bonchev–Trinajstić information content (AvgIpc) is 2.30. The molecular formula is C13H19IN2O. The molecule has 1 aliphatic heterocycles. The van der Waals surface area contributed by atoms with E-state index in [1.807, 2.05) is 0 Å². The van der Waals surface area contributed by atoms with Crippen LogP contribution in [0.15, 0.2) is 18.2 Å². The first-order chi connectivity index (χ1) is 8.15. The fourth-order valence-electron chi connectivity index (χ4n) is 2.00. The average molecular weight is 346 g/mol. The highest BCUT2D eigenvalue weighted by Crippen LogP contribution is 2.18. The van der Waals surface area contributed by atoms with Gasteiger partial charge in [-0.2, -0.15) is 0 Å². The van der Waals surface area contributed by atoms with E-state index >= 15 is 0 Å². The third-order valence-electron chi connectivity index (χ3n) is 3.06. The van der Waals surface area contributed by atoms with Gasteiger partial charge in [-0.05, 0) is 54.3 Å². The van der Waals surface area contributed by atoms with Gasteiger partial charge < -0.3 is 15.0 Å². The van der Waals surface area contributed by atoms with Gasteiger partial charge in [-0.15, -0.1) is 0 Å². The summed E-state index contributed by atoms with van der Waals surface area (Å²) in [6.45, 7) is 5.90. The molecule has 4 heteroatoms. The van der Waals surface area contributed by atoms with Crippen molar-refractivity contribution in [3.05, 3.63) is 27.3 Å². The summed E-state index contributed by atoms with van der Waals surface area (Å²) in [4.78, 5) is 2.32. The first kappa shape index (κ1) is 13.1. The van der Waals surface area contributed by atoms with Crippen LogP contribution < -0.4 is 5.32 Å². The lowest BCUT2D eigenvalue weighted by molar-refractivity contribution is -0.0117. The molecule has 2 rings (SSSR count). The molecule has 0 bridgehead atoms. The number of hydrogen-bond donors (Lipinski definition) is 1. The maximum absolute atomic E-state index is 5.73. The van der Waals surface area contributed by atoms with E-state index in [4.69, 9.17) is 4.74 Å². The molecule has 17 heavy (non-hydrogen) atoms. The van der Waals surface area contributed by atoms with E-state index in [-0.39, 0.29) is 0 Å². The minimum absolute atomic E-state index is 0.297. The second kappa shape index (κ2) is 6.02. The Labute approximate surface area is 117 Å². The van der Waals surface area contributed by atoms with Gasteiger partial charge in [-0.25, -0.2) is 0 Å². The zero-order valence-electron chi connectivity index (χ0n) is 10.4. The summed E-state index contributed by atoms with van der Waals surface area (Å²) >= 11 is 2.34. The maximum atomic E-state index is 5.73. The predicted molar refractivity (Wildman–Crippen MR) is 79.6 cm³/mol. The monoisotopic (exact) mass is 346 g/mol. The van der Waals surface area contributed by atoms with Gasteiger partial charge >= 0.3 is 0 Å². The Morgan fingerprint density at radius 3 is 3.12 bits per heavy atom. The number of morpholine rings is 1. The van der Waals surface area contributed by atoms with Crippen molar-refractivity contribution in [3.8, 4) is 0 Å². The van der Waals surface area contributed by atoms with Crippen molar-refractivity contribution in [2.45, 2.75) is 13.0 Å². The van der Waals surface area contributed by atoms with Crippen molar-refractivity contribution in [2.24, 2.45) is 0 Å². The lowest BCUT2D eigenvalue weighted by Gasteiger charge is -2.30. The second-order valence-electron chi connectivity index (χ2n) is 4.60. The molecule has 1 fully saturated rings. The van der Waals surface area contributed by atoms with E-state index in [2.05, 4.69) is 65.0 Å². The van der Waals surface area contributed by atoms with Gasteiger partial charge in [0, 0.05) is 28.9 Å². The lowest BCUT2D eigenvalue weighted by atomic mass is 10.2. The number of likely N-dealkylation sites (N-methyl/N-ethyl adjacent to an activating group) is 1. The molecule has 0 saturated carbocycles. The zero-order valence-corrected chi connectivity index (χ0v) is 12.5. The standard InChI is InChI=1S/C13H19IN2O/c1-10-3-4-11(14)7-13(10)15-8-12-9-16(2)5-6-17-12/h3-4,7,12,15H,5-6,8-9H2,1-2H3. The lowest BCUT2D eigenvalue weighted by Crippen LogP contribution is -2.43. The molecule has 3 nitrogen and oxygen atoms in total. The summed E-state index contributed by atoms with van der Waals surface area (Å²) in [5.74, 6) is 0. The van der Waals surface area contributed by atoms with Crippen molar-refractivity contribution in [3.63, 3.8) is 0 Å². The summed E-state index contributed by atoms with van der Waals surface area (Å²) in [7, 11) is 2.15. The Morgan fingerprint density at radius 2 is 2.35 bits per heavy atom. The van der Waals surface area contributed by atoms with Crippen LogP contribution in [0.1, 0.15) is 5.56 Å². The maximum Gasteiger partial charge on any atom is 0.0874 e. The number of aryl methyl sites for hydroxylation is 1. The number of hydrogen-bond acceptors (Lipinski definition) is 3. The molecule has 1 N–H and O–H groups in total. The van der Waals surface area contributed by atoms with Crippen LogP contribution in [0, 0.1) is 10.5 Å². The molecule has 1 aromatic carbocycles. The highest BCUT2D eigenvalue weighted by Gasteiger charge is 2.17. The van der Waals surface area contributed by atoms with E-state index in [1.165, 1.54) is 14.8 Å². The van der Waals surface area contributed by atoms with Crippen molar-refractivity contribution < 1.29 is 4.74 Å². The quantitative estimate of drug-likeness (QED) is 0.851. The third-order valence-corrected chi connectivity index (χ3v) is 3.73. The Hall–Kier alpha value is -0.330. The molecule has 0 aromatic heterocycles. The van der Waals surface area contributed by atoms with Gasteiger partial charge in [0.05, 0.1) is 12.7 Å². The second-order valence-corrected chi connectivity index (χ2v) is 5.84. The summed E-state index contributed by atoms with van der Waals surface area (Å²) in [5, 5.41) is 3.49. The molecule has 1 aromatic rings. The number of ether oxygens (including phenoxy) is 1. The third kappa shape index (κ3) is 3.82. The number of nitrogens with one attached hydrogen (secondary N) is 1. The molecule has 94 valence electrons. The van der Waals surface area contributed by atoms with Gasteiger partial charge in [0.25, 0.3) is 0 Å². The molecule has 1 aliphatic rings. The van der Waals surface area contributed by atoms with Crippen LogP contribution in [0.4, 0.5) is 5.69 Å². The van der Waals surface area contributed by atoms with Crippen LogP contribution in [-0.4, -0.2) is 44.3 Å². The molecule has 0 aliphatic carbocycles. The Balaban J connectivity index is 1.90. The van der Waals surface area contributed by atoms with Crippen molar-refractivity contribution in [2.75, 3.05) is 38.6 Å². The van der Waals surface area contributed by atoms with Gasteiger partial charge in [0.1, 0.15) is 0 Å². The Bertz CT molecular complexity index is 384. The predicted octanol–water partition coefficient (Wildman–Crippen LogP) is 2.34. The van der Waals surface area contributed by atoms with Crippen molar-refractivity contribution in [1.29, 1.82) is 0 Å². The summed E-state index contributed by atoms with van der Waals surface area (Å²) in [6, 6.07) is 6.46. The normalized spacial score (nSPS) is 21.5. The summed E-state index contributed by atoms with van der Waals surface area (Å²) in [5.41, 5.74) is 2.50.